The van der Waals surface area contributed by atoms with Crippen molar-refractivity contribution < 1.29 is 62.1 Å². The van der Waals surface area contributed by atoms with Crippen LogP contribution in [0.5, 0.6) is 11.8 Å². The van der Waals surface area contributed by atoms with E-state index in [9.17, 15) is 21.6 Å². The molecule has 0 aliphatic heterocycles. The maximum Gasteiger partial charge on any atom is 1.00 e. The maximum absolute atomic E-state index is 12.5. The third kappa shape index (κ3) is 6.24. The molecule has 0 bridgehead atoms. The van der Waals surface area contributed by atoms with Gasteiger partial charge in [0.2, 0.25) is 17.7 Å². The molecule has 0 aliphatic carbocycles. The van der Waals surface area contributed by atoms with Crippen LogP contribution < -0.4 is 49.1 Å². The summed E-state index contributed by atoms with van der Waals surface area (Å²) in [5.41, 5.74) is 0. The third-order valence-corrected chi connectivity index (χ3v) is 6.43. The van der Waals surface area contributed by atoms with Crippen molar-refractivity contribution in [2.45, 2.75) is 16.8 Å². The van der Waals surface area contributed by atoms with Crippen molar-refractivity contribution in [1.82, 2.24) is 19.7 Å². The summed E-state index contributed by atoms with van der Waals surface area (Å²) < 4.78 is 60.7. The van der Waals surface area contributed by atoms with Crippen molar-refractivity contribution in [2.24, 2.45) is 0 Å². The summed E-state index contributed by atoms with van der Waals surface area (Å²) in [4.78, 5) is 22.8. The molecule has 0 aromatic carbocycles. The van der Waals surface area contributed by atoms with Gasteiger partial charge in [0, 0.05) is 6.20 Å². The van der Waals surface area contributed by atoms with Crippen LogP contribution in [0.25, 0.3) is 0 Å². The molecule has 29 heavy (non-hydrogen) atoms. The van der Waals surface area contributed by atoms with Crippen LogP contribution in [-0.2, 0) is 19.9 Å². The van der Waals surface area contributed by atoms with E-state index >= 15 is 0 Å². The molecule has 2 rings (SSSR count). The number of nitrogens with zero attached hydrogens (tertiary/aromatic N) is 3. The molecule has 12 nitrogen and oxygen atoms in total. The number of urea groups is 1. The first-order valence-electron chi connectivity index (χ1n) is 7.61. The van der Waals surface area contributed by atoms with Gasteiger partial charge in [-0.25, -0.2) is 22.9 Å². The smallest absolute Gasteiger partial charge is 1.00 e. The summed E-state index contributed by atoms with van der Waals surface area (Å²) in [5.74, 6) is -0.520. The summed E-state index contributed by atoms with van der Waals surface area (Å²) in [6.07, 6.45) is 1.09. The number of methoxy groups -OCH3 is 2. The number of sulfonamides is 1. The summed E-state index contributed by atoms with van der Waals surface area (Å²) in [6, 6.07) is 2.47. The van der Waals surface area contributed by atoms with E-state index < -0.39 is 35.8 Å². The largest absolute Gasteiger partial charge is 1.00 e. The monoisotopic (exact) mass is 455 g/mol. The number of carbonyl (C=O) groups is 1. The molecule has 2 N–H and O–H groups in total. The molecule has 0 unspecified atom stereocenters. The van der Waals surface area contributed by atoms with Gasteiger partial charge in [-0.3, -0.25) is 5.32 Å². The first-order valence-corrected chi connectivity index (χ1v) is 10.7. The molecule has 0 saturated heterocycles. The number of ether oxygens (including phenoxy) is 2. The average molecular weight is 455 g/mol. The Hall–Kier alpha value is -2.00. The predicted molar refractivity (Wildman–Crippen MR) is 97.6 cm³/mol. The Labute approximate surface area is 191 Å². The van der Waals surface area contributed by atoms with Crippen molar-refractivity contribution in [3.8, 4) is 11.8 Å². The Morgan fingerprint density at radius 2 is 1.72 bits per heavy atom. The minimum atomic E-state index is -4.61. The Balaban J connectivity index is 0.00000420. The minimum Gasteiger partial charge on any atom is -1.00 e. The number of hydrogen-bond donors (Lipinski definition) is 2. The summed E-state index contributed by atoms with van der Waals surface area (Å²) in [5, 5.41) is 1.31. The Kier molecular flexibility index (Phi) is 8.77. The zero-order chi connectivity index (χ0) is 20.9. The molecular weight excluding hydrogens is 437 g/mol. The number of carbonyl (C=O) groups excluding carboxylic acids is 1. The molecule has 2 amide bonds. The van der Waals surface area contributed by atoms with Crippen LogP contribution >= 0.6 is 0 Å². The van der Waals surface area contributed by atoms with E-state index in [1.165, 1.54) is 33.3 Å². The fraction of sp³-hybridized carbons (Fsp3) is 0.286. The van der Waals surface area contributed by atoms with Gasteiger partial charge in [-0.05, 0) is 12.1 Å². The SMILES string of the molecule is CCS(=O)(=O)c1cccnc1S(=O)(=O)NC(=O)Nc1nc(OC)cc(OC)n1.[H-].[Na+]. The maximum atomic E-state index is 12.5. The number of aromatic nitrogens is 3. The van der Waals surface area contributed by atoms with E-state index in [2.05, 4.69) is 20.3 Å². The van der Waals surface area contributed by atoms with Gasteiger partial charge < -0.3 is 10.9 Å². The van der Waals surface area contributed by atoms with Gasteiger partial charge in [-0.2, -0.15) is 18.4 Å². The van der Waals surface area contributed by atoms with Gasteiger partial charge in [0.05, 0.1) is 26.0 Å². The first kappa shape index (κ1) is 25.0. The zero-order valence-electron chi connectivity index (χ0n) is 17.0. The summed E-state index contributed by atoms with van der Waals surface area (Å²) in [7, 11) is -5.85. The average Bonchev–Trinajstić information content (AvgIpc) is 2.67. The quantitative estimate of drug-likeness (QED) is 0.420. The van der Waals surface area contributed by atoms with Gasteiger partial charge in [0.15, 0.2) is 14.9 Å². The molecule has 0 radical (unpaired) electrons. The number of sulfone groups is 1. The predicted octanol–water partition coefficient (Wildman–Crippen LogP) is -2.69. The fourth-order valence-electron chi connectivity index (χ4n) is 1.94. The fourth-order valence-corrected chi connectivity index (χ4v) is 4.49. The van der Waals surface area contributed by atoms with Crippen LogP contribution in [0.1, 0.15) is 8.35 Å². The third-order valence-electron chi connectivity index (χ3n) is 3.26. The summed E-state index contributed by atoms with van der Waals surface area (Å²) >= 11 is 0. The molecule has 2 aromatic heterocycles. The number of nitrogens with one attached hydrogen (secondary N) is 2. The van der Waals surface area contributed by atoms with E-state index in [-0.39, 0.29) is 54.4 Å². The van der Waals surface area contributed by atoms with Crippen LogP contribution in [0, 0.1) is 0 Å². The van der Waals surface area contributed by atoms with Crippen molar-refractivity contribution in [2.75, 3.05) is 25.3 Å². The second kappa shape index (κ2) is 10.2. The van der Waals surface area contributed by atoms with Gasteiger partial charge in [0.25, 0.3) is 10.0 Å². The van der Waals surface area contributed by atoms with Gasteiger partial charge in [0.1, 0.15) is 4.90 Å². The first-order chi connectivity index (χ1) is 13.1. The number of pyridine rings is 1. The molecule has 154 valence electrons. The zero-order valence-corrected chi connectivity index (χ0v) is 19.7. The van der Waals surface area contributed by atoms with Gasteiger partial charge >= 0.3 is 35.6 Å². The number of amides is 2. The molecule has 2 heterocycles. The Bertz CT molecular complexity index is 1080. The number of hydrogen-bond acceptors (Lipinski definition) is 10. The van der Waals surface area contributed by atoms with Crippen molar-refractivity contribution >= 4 is 31.8 Å². The second-order valence-corrected chi connectivity index (χ2v) is 8.89. The molecule has 2 aromatic rings. The van der Waals surface area contributed by atoms with E-state index in [0.29, 0.717) is 0 Å². The molecule has 0 fully saturated rings. The molecular formula is C14H18N5NaO7S2. The van der Waals surface area contributed by atoms with Crippen LogP contribution in [0.2, 0.25) is 0 Å². The van der Waals surface area contributed by atoms with Crippen molar-refractivity contribution in [3.05, 3.63) is 24.4 Å². The summed E-state index contributed by atoms with van der Waals surface area (Å²) in [6.45, 7) is 1.35. The van der Waals surface area contributed by atoms with Crippen LogP contribution in [0.15, 0.2) is 34.3 Å². The number of anilines is 1. The molecule has 0 atom stereocenters. The normalized spacial score (nSPS) is 11.1. The topological polar surface area (TPSA) is 167 Å². The molecule has 0 saturated carbocycles. The minimum absolute atomic E-state index is 0. The number of rotatable bonds is 7. The molecule has 0 spiro atoms. The Morgan fingerprint density at radius 3 is 2.24 bits per heavy atom. The molecule has 15 heteroatoms. The van der Waals surface area contributed by atoms with Crippen LogP contribution in [0.3, 0.4) is 0 Å². The second-order valence-electron chi connectivity index (χ2n) is 5.05. The Morgan fingerprint density at radius 1 is 1.14 bits per heavy atom. The van der Waals surface area contributed by atoms with E-state index in [4.69, 9.17) is 9.47 Å². The van der Waals surface area contributed by atoms with Crippen LogP contribution in [-0.4, -0.2) is 57.8 Å². The standard InChI is InChI=1S/C14H17N5O7S2.Na.H/c1-4-27(21,22)9-6-5-7-15-12(9)28(23,24)19-14(20)18-13-16-10(25-2)8-11(17-13)26-3;;/h5-8H,4H2,1-3H3,(H2,16,17,18,19,20);;/q;+1;-1. The van der Waals surface area contributed by atoms with Crippen molar-refractivity contribution in [3.63, 3.8) is 0 Å². The van der Waals surface area contributed by atoms with E-state index in [1.807, 2.05) is 0 Å². The van der Waals surface area contributed by atoms with E-state index in [1.54, 1.807) is 4.72 Å². The van der Waals surface area contributed by atoms with Crippen molar-refractivity contribution in [1.29, 1.82) is 0 Å². The van der Waals surface area contributed by atoms with Crippen LogP contribution in [0.4, 0.5) is 10.7 Å². The van der Waals surface area contributed by atoms with Gasteiger partial charge in [-0.1, -0.05) is 6.92 Å². The van der Waals surface area contributed by atoms with Gasteiger partial charge in [-0.15, -0.1) is 0 Å². The van der Waals surface area contributed by atoms with E-state index in [0.717, 1.165) is 12.3 Å². The molecule has 0 aliphatic rings.